The minimum absolute atomic E-state index is 0. The molecule has 1 aromatic carbocycles. The monoisotopic (exact) mass is 552 g/mol. The van der Waals surface area contributed by atoms with Crippen LogP contribution in [0.1, 0.15) is 21.7 Å². The Balaban J connectivity index is 0.00000272. The molecule has 1 fully saturated rings. The zero-order chi connectivity index (χ0) is 20.8. The Morgan fingerprint density at radius 2 is 2.06 bits per heavy atom. The van der Waals surface area contributed by atoms with Gasteiger partial charge in [0.1, 0.15) is 5.76 Å². The van der Waals surface area contributed by atoms with Gasteiger partial charge < -0.3 is 25.3 Å². The molecule has 1 aliphatic rings. The summed E-state index contributed by atoms with van der Waals surface area (Å²) < 4.78 is 5.24. The van der Waals surface area contributed by atoms with Crippen molar-refractivity contribution in [2.45, 2.75) is 13.1 Å². The van der Waals surface area contributed by atoms with E-state index in [1.807, 2.05) is 35.8 Å². The second-order valence-corrected chi connectivity index (χ2v) is 7.80. The maximum absolute atomic E-state index is 12.4. The van der Waals surface area contributed by atoms with Crippen LogP contribution < -0.4 is 16.0 Å². The van der Waals surface area contributed by atoms with Gasteiger partial charge in [0, 0.05) is 43.3 Å². The fourth-order valence-electron chi connectivity index (χ4n) is 3.26. The zero-order valence-corrected chi connectivity index (χ0v) is 20.1. The van der Waals surface area contributed by atoms with Crippen molar-refractivity contribution in [2.75, 3.05) is 31.1 Å². The summed E-state index contributed by atoms with van der Waals surface area (Å²) in [6, 6.07) is 11.0. The number of anilines is 1. The van der Waals surface area contributed by atoms with Crippen molar-refractivity contribution in [1.82, 2.24) is 15.2 Å². The minimum atomic E-state index is -0.150. The van der Waals surface area contributed by atoms with Gasteiger partial charge in [0.2, 0.25) is 0 Å². The lowest BCUT2D eigenvalue weighted by molar-refractivity contribution is 0.0948. The first-order chi connectivity index (χ1) is 14.7. The van der Waals surface area contributed by atoms with E-state index in [0.29, 0.717) is 30.4 Å². The van der Waals surface area contributed by atoms with E-state index < -0.39 is 0 Å². The number of benzene rings is 1. The lowest BCUT2D eigenvalue weighted by Crippen LogP contribution is -2.51. The second-order valence-electron chi connectivity index (χ2n) is 6.93. The number of piperazine rings is 1. The second kappa shape index (κ2) is 11.1. The molecule has 0 saturated carbocycles. The Morgan fingerprint density at radius 1 is 1.23 bits per heavy atom. The molecule has 164 valence electrons. The van der Waals surface area contributed by atoms with Gasteiger partial charge >= 0.3 is 0 Å². The Labute approximate surface area is 202 Å². The molecule has 0 unspecified atom stereocenters. The molecular formula is C21H25IN6O2S. The van der Waals surface area contributed by atoms with Crippen LogP contribution in [-0.4, -0.2) is 47.9 Å². The van der Waals surface area contributed by atoms with Crippen LogP contribution in [0, 0.1) is 0 Å². The van der Waals surface area contributed by atoms with Crippen LogP contribution in [0.2, 0.25) is 0 Å². The van der Waals surface area contributed by atoms with Gasteiger partial charge in [-0.05, 0) is 29.8 Å². The third kappa shape index (κ3) is 6.20. The molecule has 0 bridgehead atoms. The Morgan fingerprint density at radius 3 is 2.77 bits per heavy atom. The quantitative estimate of drug-likeness (QED) is 0.277. The molecular weight excluding hydrogens is 527 g/mol. The molecule has 0 atom stereocenters. The van der Waals surface area contributed by atoms with Crippen LogP contribution in [0.25, 0.3) is 0 Å². The zero-order valence-electron chi connectivity index (χ0n) is 16.9. The van der Waals surface area contributed by atoms with Crippen LogP contribution >= 0.6 is 35.3 Å². The Hall–Kier alpha value is -2.60. The molecule has 1 aliphatic heterocycles. The maximum Gasteiger partial charge on any atom is 0.251 e. The van der Waals surface area contributed by atoms with Crippen molar-refractivity contribution in [2.24, 2.45) is 10.7 Å². The van der Waals surface area contributed by atoms with Gasteiger partial charge in [-0.3, -0.25) is 4.79 Å². The van der Waals surface area contributed by atoms with Crippen LogP contribution in [0.3, 0.4) is 0 Å². The number of halogens is 1. The topological polar surface area (TPSA) is 100.0 Å². The van der Waals surface area contributed by atoms with E-state index in [1.54, 1.807) is 29.7 Å². The molecule has 3 heterocycles. The highest BCUT2D eigenvalue weighted by Crippen LogP contribution is 2.18. The van der Waals surface area contributed by atoms with Crippen molar-refractivity contribution < 1.29 is 9.21 Å². The highest BCUT2D eigenvalue weighted by Gasteiger charge is 2.19. The molecule has 0 aliphatic carbocycles. The maximum atomic E-state index is 12.4. The van der Waals surface area contributed by atoms with Crippen molar-refractivity contribution in [1.29, 1.82) is 0 Å². The molecule has 3 N–H and O–H groups in total. The number of amides is 1. The minimum Gasteiger partial charge on any atom is -0.467 e. The smallest absolute Gasteiger partial charge is 0.251 e. The number of carbonyl (C=O) groups excluding carboxylic acids is 1. The van der Waals surface area contributed by atoms with E-state index in [2.05, 4.69) is 25.1 Å². The summed E-state index contributed by atoms with van der Waals surface area (Å²) in [5.41, 5.74) is 7.74. The summed E-state index contributed by atoms with van der Waals surface area (Å²) >= 11 is 1.65. The summed E-state index contributed by atoms with van der Waals surface area (Å²) in [5, 5.41) is 5.89. The fraction of sp³-hybridized carbons (Fsp3) is 0.286. The number of nitrogens with zero attached hydrogens (tertiary/aromatic N) is 4. The summed E-state index contributed by atoms with van der Waals surface area (Å²) in [6.45, 7) is 4.14. The molecule has 2 aromatic heterocycles. The molecule has 31 heavy (non-hydrogen) atoms. The molecule has 10 heteroatoms. The first-order valence-corrected chi connectivity index (χ1v) is 10.7. The van der Waals surface area contributed by atoms with Crippen LogP contribution in [0.4, 0.5) is 5.13 Å². The number of aliphatic imine (C=N–C) groups is 1. The average Bonchev–Trinajstić information content (AvgIpc) is 3.50. The number of thiazole rings is 1. The molecule has 1 amide bonds. The van der Waals surface area contributed by atoms with Gasteiger partial charge in [0.25, 0.3) is 5.91 Å². The van der Waals surface area contributed by atoms with Gasteiger partial charge in [0.05, 0.1) is 19.4 Å². The largest absolute Gasteiger partial charge is 0.467 e. The number of aromatic nitrogens is 1. The predicted octanol–water partition coefficient (Wildman–Crippen LogP) is 2.92. The number of furan rings is 1. The summed E-state index contributed by atoms with van der Waals surface area (Å²) in [5.74, 6) is 1.09. The SMILES string of the molecule is I.NC(=NCc1cccc(C(=O)NCc2ccco2)c1)N1CCN(c2nccs2)CC1. The highest BCUT2D eigenvalue weighted by molar-refractivity contribution is 14.0. The third-order valence-electron chi connectivity index (χ3n) is 4.91. The standard InChI is InChI=1S/C21H24N6O2S.HI/c22-20(26-7-9-27(10-8-26)21-23-6-12-30-21)25-14-16-3-1-4-17(13-16)19(28)24-15-18-5-2-11-29-18;/h1-6,11-13H,7-10,14-15H2,(H2,22,25)(H,24,28);1H. The number of rotatable bonds is 6. The van der Waals surface area contributed by atoms with Crippen LogP contribution in [0.5, 0.6) is 0 Å². The Bertz CT molecular complexity index is 985. The van der Waals surface area contributed by atoms with Crippen LogP contribution in [-0.2, 0) is 13.1 Å². The highest BCUT2D eigenvalue weighted by atomic mass is 127. The number of hydrogen-bond donors (Lipinski definition) is 2. The van der Waals surface area contributed by atoms with Crippen molar-refractivity contribution in [3.63, 3.8) is 0 Å². The van der Waals surface area contributed by atoms with Gasteiger partial charge in [0.15, 0.2) is 11.1 Å². The summed E-state index contributed by atoms with van der Waals surface area (Å²) in [7, 11) is 0. The molecule has 8 nitrogen and oxygen atoms in total. The first-order valence-electron chi connectivity index (χ1n) is 9.78. The predicted molar refractivity (Wildman–Crippen MR) is 133 cm³/mol. The van der Waals surface area contributed by atoms with Crippen molar-refractivity contribution in [3.05, 3.63) is 71.1 Å². The average molecular weight is 552 g/mol. The van der Waals surface area contributed by atoms with Gasteiger partial charge in [-0.25, -0.2) is 9.98 Å². The normalized spacial score (nSPS) is 14.3. The van der Waals surface area contributed by atoms with E-state index in [9.17, 15) is 4.79 Å². The van der Waals surface area contributed by atoms with Crippen molar-refractivity contribution in [3.8, 4) is 0 Å². The summed E-state index contributed by atoms with van der Waals surface area (Å²) in [6.07, 6.45) is 3.41. The van der Waals surface area contributed by atoms with Gasteiger partial charge in [-0.2, -0.15) is 0 Å². The molecule has 1 saturated heterocycles. The number of hydrogen-bond acceptors (Lipinski definition) is 6. The summed E-state index contributed by atoms with van der Waals surface area (Å²) in [4.78, 5) is 25.6. The van der Waals surface area contributed by atoms with E-state index in [1.165, 1.54) is 0 Å². The fourth-order valence-corrected chi connectivity index (χ4v) is 3.96. The number of nitrogens with one attached hydrogen (secondary N) is 1. The number of nitrogens with two attached hydrogens (primary N) is 1. The van der Waals surface area contributed by atoms with Gasteiger partial charge in [-0.15, -0.1) is 35.3 Å². The lowest BCUT2D eigenvalue weighted by atomic mass is 10.1. The van der Waals surface area contributed by atoms with Crippen molar-refractivity contribution >= 4 is 52.3 Å². The first kappa shape index (κ1) is 23.1. The van der Waals surface area contributed by atoms with E-state index in [4.69, 9.17) is 10.2 Å². The lowest BCUT2D eigenvalue weighted by Gasteiger charge is -2.35. The van der Waals surface area contributed by atoms with E-state index >= 15 is 0 Å². The van der Waals surface area contributed by atoms with Crippen LogP contribution in [0.15, 0.2) is 63.6 Å². The number of carbonyl (C=O) groups is 1. The molecule has 3 aromatic rings. The van der Waals surface area contributed by atoms with Gasteiger partial charge in [-0.1, -0.05) is 12.1 Å². The molecule has 4 rings (SSSR count). The van der Waals surface area contributed by atoms with E-state index in [-0.39, 0.29) is 29.9 Å². The molecule has 0 radical (unpaired) electrons. The number of guanidine groups is 1. The van der Waals surface area contributed by atoms with E-state index in [0.717, 1.165) is 36.9 Å². The molecule has 0 spiro atoms. The Kier molecular flexibility index (Phi) is 8.29. The third-order valence-corrected chi connectivity index (χ3v) is 5.74.